The number of fused-ring (bicyclic) bond motifs is 1. The van der Waals surface area contributed by atoms with Gasteiger partial charge in [0.05, 0.1) is 12.5 Å². The average molecular weight is 314 g/mol. The molecule has 0 radical (unpaired) electrons. The molecule has 0 aromatic heterocycles. The van der Waals surface area contributed by atoms with Gasteiger partial charge in [0.15, 0.2) is 11.3 Å². The molecule has 0 saturated carbocycles. The highest BCUT2D eigenvalue weighted by Crippen LogP contribution is 2.41. The Labute approximate surface area is 117 Å². The molecule has 20 heavy (non-hydrogen) atoms. The maximum absolute atomic E-state index is 14.1. The Balaban J connectivity index is 1.70. The van der Waals surface area contributed by atoms with Crippen LogP contribution >= 0.6 is 11.8 Å². The zero-order valence-corrected chi connectivity index (χ0v) is 11.2. The summed E-state index contributed by atoms with van der Waals surface area (Å²) in [6, 6.07) is -0.921. The molecule has 0 aromatic rings. The van der Waals surface area contributed by atoms with Crippen LogP contribution in [0.15, 0.2) is 4.99 Å². The molecule has 0 aliphatic carbocycles. The summed E-state index contributed by atoms with van der Waals surface area (Å²) < 4.78 is 56.5. The molecule has 3 rings (SSSR count). The molecule has 0 bridgehead atoms. The molecule has 3 heterocycles. The Morgan fingerprint density at radius 1 is 1.40 bits per heavy atom. The zero-order chi connectivity index (χ0) is 14.5. The molecule has 9 heteroatoms. The van der Waals surface area contributed by atoms with Crippen LogP contribution in [-0.4, -0.2) is 64.3 Å². The SMILES string of the molecule is O[C@H]1[C@H](F)[C@H]2N=C(N3CCC3)S[C@H]2O[C@@H]1CC(F)(F)F. The van der Waals surface area contributed by atoms with E-state index in [2.05, 4.69) is 4.99 Å². The molecule has 0 spiro atoms. The van der Waals surface area contributed by atoms with Gasteiger partial charge in [0.25, 0.3) is 0 Å². The van der Waals surface area contributed by atoms with Crippen LogP contribution in [0.4, 0.5) is 17.6 Å². The van der Waals surface area contributed by atoms with Crippen LogP contribution in [-0.2, 0) is 4.74 Å². The Morgan fingerprint density at radius 2 is 2.10 bits per heavy atom. The normalized spacial score (nSPS) is 41.1. The van der Waals surface area contributed by atoms with Gasteiger partial charge in [0.1, 0.15) is 17.6 Å². The highest BCUT2D eigenvalue weighted by atomic mass is 32.2. The number of amidine groups is 1. The van der Waals surface area contributed by atoms with Gasteiger partial charge >= 0.3 is 6.18 Å². The number of thioether (sulfide) groups is 1. The van der Waals surface area contributed by atoms with E-state index >= 15 is 0 Å². The van der Waals surface area contributed by atoms with E-state index in [0.29, 0.717) is 5.17 Å². The van der Waals surface area contributed by atoms with E-state index < -0.39 is 42.5 Å². The van der Waals surface area contributed by atoms with Crippen LogP contribution in [0.1, 0.15) is 12.8 Å². The molecule has 3 aliphatic heterocycles. The summed E-state index contributed by atoms with van der Waals surface area (Å²) in [6.07, 6.45) is -10.0. The van der Waals surface area contributed by atoms with Crippen molar-refractivity contribution in [2.24, 2.45) is 4.99 Å². The van der Waals surface area contributed by atoms with Gasteiger partial charge in [-0.05, 0) is 6.42 Å². The molecule has 114 valence electrons. The lowest BCUT2D eigenvalue weighted by Gasteiger charge is -2.37. The molecule has 0 aromatic carbocycles. The minimum Gasteiger partial charge on any atom is -0.387 e. The summed E-state index contributed by atoms with van der Waals surface area (Å²) in [4.78, 5) is 6.09. The first-order valence-corrected chi connectivity index (χ1v) is 7.27. The molecule has 4 nitrogen and oxygen atoms in total. The number of likely N-dealkylation sites (tertiary alicyclic amines) is 1. The van der Waals surface area contributed by atoms with Gasteiger partial charge in [-0.25, -0.2) is 4.39 Å². The summed E-state index contributed by atoms with van der Waals surface area (Å²) in [7, 11) is 0. The zero-order valence-electron chi connectivity index (χ0n) is 10.4. The van der Waals surface area contributed by atoms with E-state index in [9.17, 15) is 22.7 Å². The standard InChI is InChI=1S/C11H14F4N2O2S/c12-6-7-9(20-10(16-7)17-2-1-3-17)19-5(8(6)18)4-11(13,14)15/h5-9,18H,1-4H2/t5-,6-,7-,8-,9-/m1/s1. The number of ether oxygens (including phenoxy) is 1. The summed E-state index contributed by atoms with van der Waals surface area (Å²) >= 11 is 1.15. The number of halogens is 4. The fourth-order valence-electron chi connectivity index (χ4n) is 2.44. The van der Waals surface area contributed by atoms with Crippen LogP contribution in [0, 0.1) is 0 Å². The van der Waals surface area contributed by atoms with E-state index in [4.69, 9.17) is 4.74 Å². The summed E-state index contributed by atoms with van der Waals surface area (Å²) in [5.74, 6) is 0. The lowest BCUT2D eigenvalue weighted by molar-refractivity contribution is -0.201. The van der Waals surface area contributed by atoms with Crippen molar-refractivity contribution in [1.29, 1.82) is 0 Å². The van der Waals surface area contributed by atoms with Crippen LogP contribution in [0.5, 0.6) is 0 Å². The Kier molecular flexibility index (Phi) is 3.62. The predicted octanol–water partition coefficient (Wildman–Crippen LogP) is 1.54. The monoisotopic (exact) mass is 314 g/mol. The number of hydrogen-bond acceptors (Lipinski definition) is 5. The van der Waals surface area contributed by atoms with Gasteiger partial charge < -0.3 is 14.7 Å². The van der Waals surface area contributed by atoms with Gasteiger partial charge in [-0.3, -0.25) is 4.99 Å². The van der Waals surface area contributed by atoms with E-state index in [1.54, 1.807) is 0 Å². The minimum atomic E-state index is -4.50. The smallest absolute Gasteiger partial charge is 0.387 e. The van der Waals surface area contributed by atoms with E-state index in [-0.39, 0.29) is 0 Å². The van der Waals surface area contributed by atoms with Gasteiger partial charge in [-0.1, -0.05) is 11.8 Å². The Morgan fingerprint density at radius 3 is 2.65 bits per heavy atom. The lowest BCUT2D eigenvalue weighted by atomic mass is 9.97. The molecule has 5 atom stereocenters. The van der Waals surface area contributed by atoms with Crippen molar-refractivity contribution in [2.75, 3.05) is 13.1 Å². The fourth-order valence-corrected chi connectivity index (χ4v) is 3.71. The number of aliphatic imine (C=N–C) groups is 1. The average Bonchev–Trinajstić information content (AvgIpc) is 2.64. The van der Waals surface area contributed by atoms with Crippen molar-refractivity contribution in [3.8, 4) is 0 Å². The topological polar surface area (TPSA) is 45.1 Å². The molecule has 0 amide bonds. The molecule has 2 fully saturated rings. The highest BCUT2D eigenvalue weighted by Gasteiger charge is 2.52. The van der Waals surface area contributed by atoms with Gasteiger partial charge in [0.2, 0.25) is 0 Å². The third kappa shape index (κ3) is 2.62. The largest absolute Gasteiger partial charge is 0.391 e. The van der Waals surface area contributed by atoms with Crippen LogP contribution in [0.3, 0.4) is 0 Å². The van der Waals surface area contributed by atoms with Gasteiger partial charge in [0, 0.05) is 13.1 Å². The van der Waals surface area contributed by atoms with Gasteiger partial charge in [-0.15, -0.1) is 0 Å². The first-order chi connectivity index (χ1) is 9.35. The number of hydrogen-bond donors (Lipinski definition) is 1. The summed E-state index contributed by atoms with van der Waals surface area (Å²) in [5, 5.41) is 10.3. The van der Waals surface area contributed by atoms with Crippen LogP contribution in [0.25, 0.3) is 0 Å². The van der Waals surface area contributed by atoms with Crippen LogP contribution in [0.2, 0.25) is 0 Å². The molecule has 2 saturated heterocycles. The number of nitrogens with zero attached hydrogens (tertiary/aromatic N) is 2. The number of alkyl halides is 4. The third-order valence-electron chi connectivity index (χ3n) is 3.66. The molecular formula is C11H14F4N2O2S. The molecule has 3 aliphatic rings. The maximum Gasteiger partial charge on any atom is 0.391 e. The second kappa shape index (κ2) is 5.03. The Hall–Kier alpha value is -0.540. The van der Waals surface area contributed by atoms with Crippen molar-refractivity contribution < 1.29 is 27.4 Å². The summed E-state index contributed by atoms with van der Waals surface area (Å²) in [6.45, 7) is 1.63. The van der Waals surface area contributed by atoms with Crippen molar-refractivity contribution >= 4 is 16.9 Å². The van der Waals surface area contributed by atoms with E-state index in [0.717, 1.165) is 31.3 Å². The molecule has 0 unspecified atom stereocenters. The Bertz CT molecular complexity index is 416. The summed E-state index contributed by atoms with van der Waals surface area (Å²) in [5.41, 5.74) is -0.781. The maximum atomic E-state index is 14.1. The third-order valence-corrected chi connectivity index (χ3v) is 4.86. The van der Waals surface area contributed by atoms with Crippen LogP contribution < -0.4 is 0 Å². The first-order valence-electron chi connectivity index (χ1n) is 6.39. The quantitative estimate of drug-likeness (QED) is 0.746. The van der Waals surface area contributed by atoms with E-state index in [1.165, 1.54) is 0 Å². The number of rotatable bonds is 1. The first kappa shape index (κ1) is 14.4. The van der Waals surface area contributed by atoms with Crippen molar-refractivity contribution in [2.45, 2.75) is 48.9 Å². The van der Waals surface area contributed by atoms with Crippen molar-refractivity contribution in [1.82, 2.24) is 4.90 Å². The van der Waals surface area contributed by atoms with Crippen molar-refractivity contribution in [3.63, 3.8) is 0 Å². The molecule has 1 N–H and O–H groups in total. The molecular weight excluding hydrogens is 300 g/mol. The number of aliphatic hydroxyl groups is 1. The number of aliphatic hydroxyl groups excluding tert-OH is 1. The van der Waals surface area contributed by atoms with E-state index in [1.807, 2.05) is 4.90 Å². The predicted molar refractivity (Wildman–Crippen MR) is 65.2 cm³/mol. The highest BCUT2D eigenvalue weighted by molar-refractivity contribution is 8.14. The fraction of sp³-hybridized carbons (Fsp3) is 0.909. The lowest BCUT2D eigenvalue weighted by Crippen LogP contribution is -2.53. The van der Waals surface area contributed by atoms with Gasteiger partial charge in [-0.2, -0.15) is 13.2 Å². The van der Waals surface area contributed by atoms with Crippen molar-refractivity contribution in [3.05, 3.63) is 0 Å². The minimum absolute atomic E-state index is 0.605. The second-order valence-corrected chi connectivity index (χ2v) is 6.22. The second-order valence-electron chi connectivity index (χ2n) is 5.16.